The molecule has 0 radical (unpaired) electrons. The molecule has 0 bridgehead atoms. The van der Waals surface area contributed by atoms with Crippen molar-refractivity contribution >= 4 is 69.3 Å². The number of fused-ring (bicyclic) bond motifs is 2. The number of aromatic nitrogens is 2. The molecule has 2 aromatic heterocycles. The van der Waals surface area contributed by atoms with E-state index in [4.69, 9.17) is 0 Å². The lowest BCUT2D eigenvalue weighted by atomic mass is 10.2. The standard InChI is InChI=1S/C21H19F2N5O3S3/c1-11-17-14(32-20(25-17)24-10-16(29)28-7-2-3-8-28)9-15-18(11)26-21(33-15)27-34(30,31)19-12(22)5-4-6-13(19)23/h4-6,9H,2-3,7-8,10H2,1H3,(H,24,25)(H,26,27). The number of aryl methyl sites for hydroxylation is 1. The van der Waals surface area contributed by atoms with Gasteiger partial charge in [0.15, 0.2) is 15.2 Å². The van der Waals surface area contributed by atoms with Gasteiger partial charge in [-0.2, -0.15) is 0 Å². The Labute approximate surface area is 201 Å². The Balaban J connectivity index is 1.40. The van der Waals surface area contributed by atoms with Gasteiger partial charge in [0.05, 0.1) is 27.0 Å². The number of sulfonamides is 1. The van der Waals surface area contributed by atoms with Crippen molar-refractivity contribution in [2.24, 2.45) is 0 Å². The summed E-state index contributed by atoms with van der Waals surface area (Å²) in [6.07, 6.45) is 2.06. The van der Waals surface area contributed by atoms with Crippen molar-refractivity contribution in [1.29, 1.82) is 0 Å². The SMILES string of the molecule is Cc1c2nc(NCC(=O)N3CCCC3)sc2cc2sc(NS(=O)(=O)c3c(F)cccc3F)nc12. The first-order valence-corrected chi connectivity index (χ1v) is 13.5. The van der Waals surface area contributed by atoms with Gasteiger partial charge in [0.25, 0.3) is 10.0 Å². The van der Waals surface area contributed by atoms with Crippen LogP contribution in [0.5, 0.6) is 0 Å². The van der Waals surface area contributed by atoms with Crippen LogP contribution in [0.2, 0.25) is 0 Å². The van der Waals surface area contributed by atoms with Crippen molar-refractivity contribution in [2.45, 2.75) is 24.7 Å². The molecule has 1 aliphatic rings. The van der Waals surface area contributed by atoms with Gasteiger partial charge in [-0.25, -0.2) is 27.2 Å². The van der Waals surface area contributed by atoms with Gasteiger partial charge < -0.3 is 10.2 Å². The second-order valence-electron chi connectivity index (χ2n) is 7.83. The number of nitrogens with zero attached hydrogens (tertiary/aromatic N) is 3. The monoisotopic (exact) mass is 523 g/mol. The molecule has 1 saturated heterocycles. The molecular weight excluding hydrogens is 504 g/mol. The molecule has 0 unspecified atom stereocenters. The minimum Gasteiger partial charge on any atom is -0.352 e. The summed E-state index contributed by atoms with van der Waals surface area (Å²) in [6.45, 7) is 3.57. The summed E-state index contributed by atoms with van der Waals surface area (Å²) in [5, 5.41) is 3.70. The summed E-state index contributed by atoms with van der Waals surface area (Å²) in [5.74, 6) is -2.32. The summed E-state index contributed by atoms with van der Waals surface area (Å²) in [5.41, 5.74) is 1.96. The van der Waals surface area contributed by atoms with Crippen molar-refractivity contribution in [3.8, 4) is 0 Å². The number of nitrogens with one attached hydrogen (secondary N) is 2. The molecule has 0 spiro atoms. The molecule has 1 amide bonds. The molecule has 0 saturated carbocycles. The Bertz CT molecular complexity index is 1510. The fourth-order valence-corrected chi connectivity index (χ4v) is 7.26. The van der Waals surface area contributed by atoms with E-state index in [1.165, 1.54) is 11.3 Å². The molecule has 2 aromatic carbocycles. The number of rotatable bonds is 6. The van der Waals surface area contributed by atoms with Crippen molar-refractivity contribution in [1.82, 2.24) is 14.9 Å². The van der Waals surface area contributed by atoms with Crippen molar-refractivity contribution in [2.75, 3.05) is 29.7 Å². The van der Waals surface area contributed by atoms with E-state index in [1.54, 1.807) is 0 Å². The molecular formula is C21H19F2N5O3S3. The Hall–Kier alpha value is -2.90. The van der Waals surface area contributed by atoms with Crippen LogP contribution in [0.15, 0.2) is 29.2 Å². The van der Waals surface area contributed by atoms with E-state index in [0.29, 0.717) is 20.9 Å². The molecule has 1 fully saturated rings. The minimum atomic E-state index is -4.51. The third kappa shape index (κ3) is 4.18. The summed E-state index contributed by atoms with van der Waals surface area (Å²) >= 11 is 2.44. The third-order valence-corrected chi connectivity index (χ3v) is 8.93. The Kier molecular flexibility index (Phi) is 5.86. The zero-order chi connectivity index (χ0) is 24.0. The highest BCUT2D eigenvalue weighted by molar-refractivity contribution is 7.93. The Morgan fingerprint density at radius 3 is 2.29 bits per heavy atom. The lowest BCUT2D eigenvalue weighted by Crippen LogP contribution is -2.32. The van der Waals surface area contributed by atoms with E-state index >= 15 is 0 Å². The van der Waals surface area contributed by atoms with Crippen LogP contribution >= 0.6 is 22.7 Å². The second kappa shape index (κ2) is 8.71. The molecule has 4 aromatic rings. The van der Waals surface area contributed by atoms with Gasteiger partial charge in [0.2, 0.25) is 5.91 Å². The van der Waals surface area contributed by atoms with Crippen LogP contribution in [-0.2, 0) is 14.8 Å². The number of benzene rings is 2. The Morgan fingerprint density at radius 1 is 1.06 bits per heavy atom. The number of thiazole rings is 2. The van der Waals surface area contributed by atoms with Gasteiger partial charge in [-0.3, -0.25) is 9.52 Å². The average molecular weight is 524 g/mol. The maximum atomic E-state index is 14.0. The summed E-state index contributed by atoms with van der Waals surface area (Å²) < 4.78 is 56.9. The fraction of sp³-hybridized carbons (Fsp3) is 0.286. The van der Waals surface area contributed by atoms with Gasteiger partial charge in [-0.1, -0.05) is 28.7 Å². The van der Waals surface area contributed by atoms with E-state index in [1.807, 2.05) is 17.9 Å². The summed E-state index contributed by atoms with van der Waals surface area (Å²) in [7, 11) is -4.51. The van der Waals surface area contributed by atoms with Gasteiger partial charge in [0.1, 0.15) is 11.6 Å². The van der Waals surface area contributed by atoms with E-state index in [9.17, 15) is 22.0 Å². The summed E-state index contributed by atoms with van der Waals surface area (Å²) in [4.78, 5) is 22.0. The van der Waals surface area contributed by atoms with Crippen LogP contribution in [0.25, 0.3) is 20.4 Å². The predicted molar refractivity (Wildman–Crippen MR) is 129 cm³/mol. The number of halogens is 2. The lowest BCUT2D eigenvalue weighted by molar-refractivity contribution is -0.128. The van der Waals surface area contributed by atoms with Crippen LogP contribution in [0, 0.1) is 18.6 Å². The molecule has 0 aliphatic carbocycles. The molecule has 34 heavy (non-hydrogen) atoms. The van der Waals surface area contributed by atoms with Crippen LogP contribution < -0.4 is 10.0 Å². The predicted octanol–water partition coefficient (Wildman–Crippen LogP) is 4.33. The molecule has 1 aliphatic heterocycles. The number of carbonyl (C=O) groups is 1. The fourth-order valence-electron chi connectivity index (χ4n) is 3.88. The lowest BCUT2D eigenvalue weighted by Gasteiger charge is -2.14. The van der Waals surface area contributed by atoms with Gasteiger partial charge >= 0.3 is 0 Å². The van der Waals surface area contributed by atoms with E-state index < -0.39 is 26.6 Å². The highest BCUT2D eigenvalue weighted by atomic mass is 32.2. The number of hydrogen-bond donors (Lipinski definition) is 2. The highest BCUT2D eigenvalue weighted by Gasteiger charge is 2.26. The van der Waals surface area contributed by atoms with Gasteiger partial charge in [-0.05, 0) is 38.0 Å². The first-order chi connectivity index (χ1) is 16.2. The minimum absolute atomic E-state index is 0.00651. The third-order valence-electron chi connectivity index (χ3n) is 5.54. The normalized spacial score (nSPS) is 14.3. The largest absolute Gasteiger partial charge is 0.352 e. The van der Waals surface area contributed by atoms with Crippen LogP contribution in [0.1, 0.15) is 18.4 Å². The second-order valence-corrected chi connectivity index (χ2v) is 11.5. The molecule has 0 atom stereocenters. The topological polar surface area (TPSA) is 104 Å². The number of hydrogen-bond acceptors (Lipinski definition) is 8. The van der Waals surface area contributed by atoms with E-state index in [-0.39, 0.29) is 17.6 Å². The average Bonchev–Trinajstić information content (AvgIpc) is 3.51. The highest BCUT2D eigenvalue weighted by Crippen LogP contribution is 2.37. The molecule has 8 nitrogen and oxygen atoms in total. The van der Waals surface area contributed by atoms with Gasteiger partial charge in [-0.15, -0.1) is 0 Å². The van der Waals surface area contributed by atoms with Gasteiger partial charge in [0, 0.05) is 18.7 Å². The smallest absolute Gasteiger partial charge is 0.269 e. The maximum Gasteiger partial charge on any atom is 0.269 e. The molecule has 13 heteroatoms. The maximum absolute atomic E-state index is 14.0. The van der Waals surface area contributed by atoms with E-state index in [0.717, 1.165) is 65.7 Å². The van der Waals surface area contributed by atoms with Crippen LogP contribution in [0.4, 0.5) is 19.0 Å². The van der Waals surface area contributed by atoms with Crippen molar-refractivity contribution < 1.29 is 22.0 Å². The van der Waals surface area contributed by atoms with Crippen LogP contribution in [0.3, 0.4) is 0 Å². The quantitative estimate of drug-likeness (QED) is 0.390. The van der Waals surface area contributed by atoms with Crippen molar-refractivity contribution in [3.05, 3.63) is 41.5 Å². The zero-order valence-corrected chi connectivity index (χ0v) is 20.3. The molecule has 3 heterocycles. The molecule has 2 N–H and O–H groups in total. The number of carbonyl (C=O) groups excluding carboxylic acids is 1. The first kappa shape index (κ1) is 22.9. The number of likely N-dealkylation sites (tertiary alicyclic amines) is 1. The van der Waals surface area contributed by atoms with E-state index in [2.05, 4.69) is 20.0 Å². The first-order valence-electron chi connectivity index (χ1n) is 10.4. The number of amides is 1. The summed E-state index contributed by atoms with van der Waals surface area (Å²) in [6, 6.07) is 4.69. The Morgan fingerprint density at radius 2 is 1.65 bits per heavy atom. The van der Waals surface area contributed by atoms with Crippen molar-refractivity contribution in [3.63, 3.8) is 0 Å². The molecule has 178 valence electrons. The number of anilines is 2. The zero-order valence-electron chi connectivity index (χ0n) is 17.9. The van der Waals surface area contributed by atoms with Crippen LogP contribution in [-0.4, -0.2) is 48.8 Å². The molecule has 5 rings (SSSR count).